The molecule has 28 heavy (non-hydrogen) atoms. The predicted molar refractivity (Wildman–Crippen MR) is 111 cm³/mol. The Kier molecular flexibility index (Phi) is 5.21. The Balaban J connectivity index is 1.38. The van der Waals surface area contributed by atoms with Gasteiger partial charge in [-0.25, -0.2) is 4.79 Å². The summed E-state index contributed by atoms with van der Waals surface area (Å²) >= 11 is 0. The smallest absolute Gasteiger partial charge is 0.321 e. The third-order valence-electron chi connectivity index (χ3n) is 6.48. The molecule has 0 atom stereocenters. The van der Waals surface area contributed by atoms with Crippen LogP contribution in [0.5, 0.6) is 0 Å². The molecule has 4 saturated carbocycles. The molecule has 0 spiro atoms. The Morgan fingerprint density at radius 2 is 1.57 bits per heavy atom. The first-order valence-electron chi connectivity index (χ1n) is 10.6. The van der Waals surface area contributed by atoms with Crippen molar-refractivity contribution in [2.75, 3.05) is 17.2 Å². The number of carbonyl (C=O) groups is 2. The fraction of sp³-hybridized carbons (Fsp3) is 0.636. The molecule has 4 bridgehead atoms. The summed E-state index contributed by atoms with van der Waals surface area (Å²) in [5.74, 6) is 2.29. The van der Waals surface area contributed by atoms with Crippen LogP contribution in [-0.2, 0) is 4.79 Å². The van der Waals surface area contributed by atoms with Crippen molar-refractivity contribution in [2.45, 2.75) is 64.0 Å². The Labute approximate surface area is 167 Å². The van der Waals surface area contributed by atoms with Gasteiger partial charge in [0.25, 0.3) is 0 Å². The van der Waals surface area contributed by atoms with Gasteiger partial charge in [0, 0.05) is 11.6 Å². The zero-order chi connectivity index (χ0) is 19.7. The first kappa shape index (κ1) is 19.1. The van der Waals surface area contributed by atoms with E-state index in [0.717, 1.165) is 29.1 Å². The molecule has 5 rings (SSSR count). The average molecular weight is 385 g/mol. The number of urea groups is 1. The van der Waals surface area contributed by atoms with Gasteiger partial charge in [-0.05, 0) is 82.3 Å². The molecule has 4 fully saturated rings. The summed E-state index contributed by atoms with van der Waals surface area (Å²) in [4.78, 5) is 23.7. The van der Waals surface area contributed by atoms with Gasteiger partial charge >= 0.3 is 6.03 Å². The number of para-hydroxylation sites is 2. The summed E-state index contributed by atoms with van der Waals surface area (Å²) in [5, 5.41) is 12.1. The molecule has 4 N–H and O–H groups in total. The number of amides is 3. The molecule has 1 aromatic carbocycles. The van der Waals surface area contributed by atoms with Crippen LogP contribution in [0.25, 0.3) is 0 Å². The topological polar surface area (TPSA) is 82.3 Å². The van der Waals surface area contributed by atoms with E-state index in [-0.39, 0.29) is 24.0 Å². The normalized spacial score (nSPS) is 30.2. The van der Waals surface area contributed by atoms with Gasteiger partial charge in [-0.3, -0.25) is 10.1 Å². The average Bonchev–Trinajstić information content (AvgIpc) is 2.58. The molecule has 6 heteroatoms. The van der Waals surface area contributed by atoms with Crippen LogP contribution in [0.15, 0.2) is 24.3 Å². The Morgan fingerprint density at radius 3 is 2.14 bits per heavy atom. The second-order valence-electron chi connectivity index (χ2n) is 9.40. The van der Waals surface area contributed by atoms with E-state index in [2.05, 4.69) is 27.3 Å². The lowest BCUT2D eigenvalue weighted by Crippen LogP contribution is -2.54. The van der Waals surface area contributed by atoms with E-state index < -0.39 is 6.03 Å². The van der Waals surface area contributed by atoms with Crippen molar-refractivity contribution in [3.05, 3.63) is 24.3 Å². The summed E-state index contributed by atoms with van der Waals surface area (Å²) in [6, 6.07) is 7.61. The van der Waals surface area contributed by atoms with Gasteiger partial charge in [0.05, 0.1) is 17.9 Å². The lowest BCUT2D eigenvalue weighted by Gasteiger charge is -2.57. The van der Waals surface area contributed by atoms with Crippen LogP contribution < -0.4 is 21.3 Å². The second-order valence-corrected chi connectivity index (χ2v) is 9.40. The zero-order valence-electron chi connectivity index (χ0n) is 16.9. The molecule has 4 aliphatic carbocycles. The van der Waals surface area contributed by atoms with Crippen molar-refractivity contribution in [1.82, 2.24) is 10.6 Å². The van der Waals surface area contributed by atoms with Gasteiger partial charge in [-0.15, -0.1) is 0 Å². The Hall–Kier alpha value is -2.24. The van der Waals surface area contributed by atoms with Gasteiger partial charge in [0.15, 0.2) is 0 Å². The summed E-state index contributed by atoms with van der Waals surface area (Å²) < 4.78 is 0. The van der Waals surface area contributed by atoms with Gasteiger partial charge in [0.1, 0.15) is 0 Å². The molecular weight excluding hydrogens is 352 g/mol. The number of hydrogen-bond donors (Lipinski definition) is 4. The minimum Gasteiger partial charge on any atom is -0.378 e. The zero-order valence-corrected chi connectivity index (χ0v) is 16.9. The fourth-order valence-corrected chi connectivity index (χ4v) is 5.94. The highest BCUT2D eigenvalue weighted by Gasteiger charge is 2.51. The molecule has 0 aromatic heterocycles. The molecule has 0 radical (unpaired) electrons. The summed E-state index contributed by atoms with van der Waals surface area (Å²) in [6.07, 6.45) is 8.05. The molecule has 3 amide bonds. The van der Waals surface area contributed by atoms with Crippen molar-refractivity contribution in [1.29, 1.82) is 0 Å². The predicted octanol–water partition coefficient (Wildman–Crippen LogP) is 3.71. The van der Waals surface area contributed by atoms with E-state index in [0.29, 0.717) is 0 Å². The lowest BCUT2D eigenvalue weighted by atomic mass is 9.53. The third kappa shape index (κ3) is 4.26. The SMILES string of the molecule is CC(C)NC(=O)NC(=O)CNc1ccccc1NC12CC3CC(CC(C3)C1)C2. The number of hydrogen-bond acceptors (Lipinski definition) is 4. The van der Waals surface area contributed by atoms with Crippen LogP contribution in [0.2, 0.25) is 0 Å². The van der Waals surface area contributed by atoms with Crippen LogP contribution in [0.3, 0.4) is 0 Å². The van der Waals surface area contributed by atoms with E-state index in [1.54, 1.807) is 0 Å². The maximum Gasteiger partial charge on any atom is 0.321 e. The molecule has 4 aliphatic rings. The van der Waals surface area contributed by atoms with E-state index >= 15 is 0 Å². The maximum absolute atomic E-state index is 12.1. The number of nitrogens with one attached hydrogen (secondary N) is 4. The number of benzene rings is 1. The molecule has 1 aromatic rings. The van der Waals surface area contributed by atoms with Crippen LogP contribution in [0.1, 0.15) is 52.4 Å². The highest BCUT2D eigenvalue weighted by molar-refractivity contribution is 5.96. The molecule has 0 unspecified atom stereocenters. The Morgan fingerprint density at radius 1 is 1.00 bits per heavy atom. The number of carbonyl (C=O) groups excluding carboxylic acids is 2. The molecule has 6 nitrogen and oxygen atoms in total. The van der Waals surface area contributed by atoms with Gasteiger partial charge in [-0.1, -0.05) is 12.1 Å². The van der Waals surface area contributed by atoms with E-state index in [9.17, 15) is 9.59 Å². The first-order valence-corrected chi connectivity index (χ1v) is 10.6. The van der Waals surface area contributed by atoms with Crippen molar-refractivity contribution in [3.63, 3.8) is 0 Å². The fourth-order valence-electron chi connectivity index (χ4n) is 5.94. The van der Waals surface area contributed by atoms with E-state index in [1.165, 1.54) is 38.5 Å². The number of imide groups is 1. The molecular formula is C22H32N4O2. The van der Waals surface area contributed by atoms with Crippen molar-refractivity contribution < 1.29 is 9.59 Å². The van der Waals surface area contributed by atoms with Crippen LogP contribution in [-0.4, -0.2) is 30.1 Å². The Bertz CT molecular complexity index is 711. The van der Waals surface area contributed by atoms with Crippen LogP contribution >= 0.6 is 0 Å². The highest BCUT2D eigenvalue weighted by atomic mass is 16.2. The molecule has 0 heterocycles. The molecule has 0 aliphatic heterocycles. The van der Waals surface area contributed by atoms with E-state index in [4.69, 9.17) is 0 Å². The van der Waals surface area contributed by atoms with Gasteiger partial charge in [-0.2, -0.15) is 0 Å². The van der Waals surface area contributed by atoms with Crippen molar-refractivity contribution in [2.24, 2.45) is 17.8 Å². The summed E-state index contributed by atoms with van der Waals surface area (Å²) in [7, 11) is 0. The maximum atomic E-state index is 12.1. The standard InChI is InChI=1S/C22H32N4O2/c1-14(2)24-21(28)25-20(27)13-23-18-5-3-4-6-19(18)26-22-10-15-7-16(11-22)9-17(8-15)12-22/h3-6,14-17,23,26H,7-13H2,1-2H3,(H2,24,25,27,28). The van der Waals surface area contributed by atoms with Crippen molar-refractivity contribution >= 4 is 23.3 Å². The minimum absolute atomic E-state index is 0.00837. The van der Waals surface area contributed by atoms with Gasteiger partial charge in [0.2, 0.25) is 5.91 Å². The molecule has 152 valence electrons. The lowest BCUT2D eigenvalue weighted by molar-refractivity contribution is -0.118. The second kappa shape index (κ2) is 7.64. The third-order valence-corrected chi connectivity index (χ3v) is 6.48. The highest BCUT2D eigenvalue weighted by Crippen LogP contribution is 2.56. The quantitative estimate of drug-likeness (QED) is 0.603. The number of anilines is 2. The van der Waals surface area contributed by atoms with E-state index in [1.807, 2.05) is 32.0 Å². The summed E-state index contributed by atoms with van der Waals surface area (Å²) in [5.41, 5.74) is 2.19. The number of rotatable bonds is 6. The van der Waals surface area contributed by atoms with Crippen molar-refractivity contribution in [3.8, 4) is 0 Å². The summed E-state index contributed by atoms with van der Waals surface area (Å²) in [6.45, 7) is 3.77. The largest absolute Gasteiger partial charge is 0.378 e. The van der Waals surface area contributed by atoms with Crippen LogP contribution in [0.4, 0.5) is 16.2 Å². The molecule has 0 saturated heterocycles. The monoisotopic (exact) mass is 384 g/mol. The first-order chi connectivity index (χ1) is 13.4. The van der Waals surface area contributed by atoms with Gasteiger partial charge < -0.3 is 16.0 Å². The van der Waals surface area contributed by atoms with Crippen LogP contribution in [0, 0.1) is 17.8 Å². The minimum atomic E-state index is -0.457.